The van der Waals surface area contributed by atoms with Gasteiger partial charge in [0.1, 0.15) is 6.29 Å². The number of allylic oxidation sites excluding steroid dienone is 9. The molecule has 10 nitrogen and oxygen atoms in total. The molecule has 0 aromatic carbocycles. The van der Waals surface area contributed by atoms with Gasteiger partial charge in [0.15, 0.2) is 0 Å². The Morgan fingerprint density at radius 1 is 0.700 bits per heavy atom. The molecule has 0 saturated heterocycles. The summed E-state index contributed by atoms with van der Waals surface area (Å²) >= 11 is 0. The number of nitrogens with zero attached hydrogens (tertiary/aromatic N) is 4. The molecule has 8 bridgehead atoms. The Kier molecular flexibility index (Phi) is 16.8. The smallest absolute Gasteiger partial charge is 0.657 e. The van der Waals surface area contributed by atoms with Crippen LogP contribution in [0.15, 0.2) is 65.8 Å². The normalized spacial score (nSPS) is 13.6. The Morgan fingerprint density at radius 3 is 1.85 bits per heavy atom. The minimum absolute atomic E-state index is 0. The van der Waals surface area contributed by atoms with Gasteiger partial charge in [-0.05, 0) is 122 Å². The quantitative estimate of drug-likeness (QED) is 0.0637. The Balaban J connectivity index is 0.00000794. The minimum Gasteiger partial charge on any atom is -0.657 e. The van der Waals surface area contributed by atoms with Crippen LogP contribution in [0.25, 0.3) is 50.4 Å². The summed E-state index contributed by atoms with van der Waals surface area (Å²) in [5.41, 5.74) is 13.3. The van der Waals surface area contributed by atoms with Gasteiger partial charge in [-0.3, -0.25) is 14.4 Å². The molecule has 0 aliphatic carbocycles. The summed E-state index contributed by atoms with van der Waals surface area (Å²) in [4.78, 5) is 56.0. The zero-order valence-corrected chi connectivity index (χ0v) is 36.9. The van der Waals surface area contributed by atoms with Crippen molar-refractivity contribution in [3.8, 4) is 0 Å². The topological polar surface area (TPSA) is 166 Å². The number of hydrogen-bond acceptors (Lipinski definition) is 6. The van der Waals surface area contributed by atoms with Gasteiger partial charge in [0, 0.05) is 24.0 Å². The summed E-state index contributed by atoms with van der Waals surface area (Å²) in [5.74, 6) is -1.98. The number of aromatic nitrogens is 4. The number of carboxylic acids is 2. The average molecular weight is 853 g/mol. The molecule has 0 unspecified atom stereocenters. The van der Waals surface area contributed by atoms with Crippen LogP contribution in [-0.4, -0.2) is 49.6 Å². The molecule has 2 aliphatic rings. The third-order valence-corrected chi connectivity index (χ3v) is 11.1. The van der Waals surface area contributed by atoms with Crippen LogP contribution in [0.5, 0.6) is 0 Å². The predicted molar refractivity (Wildman–Crippen MR) is 238 cm³/mol. The van der Waals surface area contributed by atoms with Crippen LogP contribution in [0, 0.1) is 6.92 Å². The van der Waals surface area contributed by atoms with E-state index in [4.69, 9.17) is 19.9 Å². The fraction of sp³-hybridized carbons (Fsp3) is 0.367. The van der Waals surface area contributed by atoms with E-state index in [2.05, 4.69) is 52.5 Å². The van der Waals surface area contributed by atoms with E-state index in [0.29, 0.717) is 80.7 Å². The molecule has 5 rings (SSSR count). The van der Waals surface area contributed by atoms with E-state index in [-0.39, 0.29) is 48.3 Å². The number of aldehydes is 1. The summed E-state index contributed by atoms with van der Waals surface area (Å²) < 4.78 is 0. The Hall–Kier alpha value is -5.35. The molecule has 0 saturated carbocycles. The number of aliphatic hydroxyl groups is 1. The van der Waals surface area contributed by atoms with Crippen molar-refractivity contribution in [3.63, 3.8) is 0 Å². The van der Waals surface area contributed by atoms with E-state index in [0.717, 1.165) is 48.0 Å². The standard InChI is InChI=1S/C49H58N4O6.Fe/c1-9-34-31(6)39-25-45-49(46(55)18-12-17-30(5)16-11-15-29(4)14-10-13-28(2)3)33(8)40(52-45)24-44-37(27-54)36(20-22-48(58)59)43(53-44)26-42-35(19-21-47(56)57)32(7)38(51-42)23-41(34)50-39;/h9,13,15,17,23-27,46,55H,1,10-12,14,16,18-22H2,2-8H3,(H4,50,51,52,53,54,56,57,58,59);/q;+2/p-2/b29-15-,30-17+,38-23?,39-25?,40-24?,41-23?,42-26?,43-26?,44-24?,45-25?;/t46-;/m0./s1. The van der Waals surface area contributed by atoms with Gasteiger partial charge in [0.05, 0.1) is 28.9 Å². The third kappa shape index (κ3) is 11.5. The molecule has 11 heteroatoms. The monoisotopic (exact) mass is 852 g/mol. The van der Waals surface area contributed by atoms with Crippen LogP contribution in [0.4, 0.5) is 0 Å². The van der Waals surface area contributed by atoms with Gasteiger partial charge in [-0.2, -0.15) is 0 Å². The van der Waals surface area contributed by atoms with E-state index < -0.39 is 18.0 Å². The number of aliphatic hydroxyl groups excluding tert-OH is 1. The summed E-state index contributed by atoms with van der Waals surface area (Å²) in [6.07, 6.45) is 13.4. The largest absolute Gasteiger partial charge is 2.00 e. The molecule has 0 spiro atoms. The molecule has 5 heterocycles. The molecule has 3 aromatic heterocycles. The van der Waals surface area contributed by atoms with E-state index in [1.807, 2.05) is 32.9 Å². The van der Waals surface area contributed by atoms with E-state index in [9.17, 15) is 29.7 Å². The van der Waals surface area contributed by atoms with Crippen molar-refractivity contribution in [2.75, 3.05) is 0 Å². The Morgan fingerprint density at radius 2 is 1.23 bits per heavy atom. The Labute approximate surface area is 363 Å². The van der Waals surface area contributed by atoms with Gasteiger partial charge in [-0.1, -0.05) is 83.0 Å². The molecule has 1 atom stereocenters. The number of carbonyl (C=O) groups excluding carboxylic acids is 1. The zero-order valence-electron chi connectivity index (χ0n) is 35.8. The fourth-order valence-electron chi connectivity index (χ4n) is 7.72. The first-order valence-corrected chi connectivity index (χ1v) is 20.3. The molecular weight excluding hydrogens is 796 g/mol. The second kappa shape index (κ2) is 21.3. The van der Waals surface area contributed by atoms with Crippen molar-refractivity contribution in [1.29, 1.82) is 0 Å². The molecule has 316 valence electrons. The van der Waals surface area contributed by atoms with Crippen molar-refractivity contribution in [2.45, 2.75) is 119 Å². The second-order valence-electron chi connectivity index (χ2n) is 15.8. The maximum atomic E-state index is 12.8. The fourth-order valence-corrected chi connectivity index (χ4v) is 7.72. The van der Waals surface area contributed by atoms with E-state index in [1.165, 1.54) is 16.7 Å². The first-order chi connectivity index (χ1) is 28.1. The summed E-state index contributed by atoms with van der Waals surface area (Å²) in [6, 6.07) is 7.13. The van der Waals surface area contributed by atoms with Crippen LogP contribution in [0.3, 0.4) is 0 Å². The van der Waals surface area contributed by atoms with Gasteiger partial charge in [0.25, 0.3) is 0 Å². The van der Waals surface area contributed by atoms with Crippen LogP contribution < -0.4 is 9.97 Å². The van der Waals surface area contributed by atoms with Crippen LogP contribution in [0.2, 0.25) is 0 Å². The van der Waals surface area contributed by atoms with Gasteiger partial charge < -0.3 is 25.3 Å². The SMILES string of the molecule is C=Cc1c(C)c2cc3nc(cc4[n-]c(cc5nc(cc1[n-]2)C(C)=C5CCC(=O)O)c(CCC(=O)O)c4C=O)C(C)=C3[C@@H](O)CC/C=C(\C)CC/C=C(/C)CCC=C(C)C.[Fe+2]. The van der Waals surface area contributed by atoms with Gasteiger partial charge in [0.2, 0.25) is 0 Å². The second-order valence-corrected chi connectivity index (χ2v) is 15.8. The summed E-state index contributed by atoms with van der Waals surface area (Å²) in [5, 5.41) is 31.0. The number of carbonyl (C=O) groups is 3. The maximum Gasteiger partial charge on any atom is 2.00 e. The Bertz CT molecular complexity index is 2490. The van der Waals surface area contributed by atoms with Crippen molar-refractivity contribution in [2.24, 2.45) is 0 Å². The first kappa shape index (κ1) is 47.3. The van der Waals surface area contributed by atoms with Crippen LogP contribution >= 0.6 is 0 Å². The van der Waals surface area contributed by atoms with Crippen molar-refractivity contribution in [1.82, 2.24) is 19.9 Å². The third-order valence-electron chi connectivity index (χ3n) is 11.1. The van der Waals surface area contributed by atoms with Crippen molar-refractivity contribution in [3.05, 3.63) is 111 Å². The van der Waals surface area contributed by atoms with Crippen LogP contribution in [0.1, 0.15) is 149 Å². The molecule has 60 heavy (non-hydrogen) atoms. The van der Waals surface area contributed by atoms with Gasteiger partial charge in [-0.15, -0.1) is 22.1 Å². The molecule has 2 aliphatic heterocycles. The average Bonchev–Trinajstić information content (AvgIpc) is 3.85. The number of aryl methyl sites for hydroxylation is 2. The number of fused-ring (bicyclic) bond motifs is 8. The number of aliphatic carboxylic acids is 2. The molecule has 0 radical (unpaired) electrons. The van der Waals surface area contributed by atoms with E-state index >= 15 is 0 Å². The summed E-state index contributed by atoms with van der Waals surface area (Å²) in [7, 11) is 0. The number of rotatable bonds is 18. The predicted octanol–water partition coefficient (Wildman–Crippen LogP) is 10.6. The molecular formula is C49H56FeN4O6. The van der Waals surface area contributed by atoms with Gasteiger partial charge in [-0.25, -0.2) is 9.97 Å². The van der Waals surface area contributed by atoms with Gasteiger partial charge >= 0.3 is 29.0 Å². The maximum absolute atomic E-state index is 12.8. The summed E-state index contributed by atoms with van der Waals surface area (Å²) in [6.45, 7) is 18.4. The molecule has 0 fully saturated rings. The van der Waals surface area contributed by atoms with Crippen molar-refractivity contribution >= 4 is 68.7 Å². The molecule has 3 N–H and O–H groups in total. The zero-order chi connectivity index (χ0) is 43.0. The minimum atomic E-state index is -1.02. The van der Waals surface area contributed by atoms with E-state index in [1.54, 1.807) is 18.2 Å². The van der Waals surface area contributed by atoms with Crippen LogP contribution in [-0.2, 0) is 33.1 Å². The number of carboxylic acid groups (broad SMARTS) is 2. The molecule has 0 amide bonds. The van der Waals surface area contributed by atoms with Crippen molar-refractivity contribution < 1.29 is 46.8 Å². The molecule has 3 aromatic rings. The first-order valence-electron chi connectivity index (χ1n) is 20.3. The number of hydrogen-bond donors (Lipinski definition) is 3.